The number of hydrogen-bond acceptors (Lipinski definition) is 5. The minimum Gasteiger partial charge on any atom is -0.360 e. The summed E-state index contributed by atoms with van der Waals surface area (Å²) in [5.74, 6) is 0.381. The Morgan fingerprint density at radius 3 is 2.70 bits per heavy atom. The van der Waals surface area contributed by atoms with Crippen molar-refractivity contribution in [2.75, 3.05) is 5.32 Å². The molecule has 0 aliphatic rings. The number of aromatic nitrogens is 1. The molecule has 0 fully saturated rings. The normalized spacial score (nSPS) is 12.8. The first-order chi connectivity index (χ1) is 10.8. The lowest BCUT2D eigenvalue weighted by atomic mass is 10.2. The summed E-state index contributed by atoms with van der Waals surface area (Å²) < 4.78 is 32.0. The van der Waals surface area contributed by atoms with E-state index in [1.165, 1.54) is 24.3 Å². The standard InChI is InChI=1S/C15H19N3O4S/c1-4-10(2)18-23(20,21)13-7-5-6-12(9-13)15(19)16-14-8-11(3)22-17-14/h5-10,18H,4H2,1-3H3,(H,16,17,19). The van der Waals surface area contributed by atoms with E-state index in [0.29, 0.717) is 12.2 Å². The van der Waals surface area contributed by atoms with Crippen molar-refractivity contribution in [3.8, 4) is 0 Å². The average Bonchev–Trinajstić information content (AvgIpc) is 2.92. The third-order valence-electron chi connectivity index (χ3n) is 3.24. The maximum absolute atomic E-state index is 12.3. The molecule has 2 N–H and O–H groups in total. The Hall–Kier alpha value is -2.19. The Morgan fingerprint density at radius 1 is 1.35 bits per heavy atom. The molecule has 0 aliphatic heterocycles. The van der Waals surface area contributed by atoms with E-state index in [-0.39, 0.29) is 22.3 Å². The van der Waals surface area contributed by atoms with Gasteiger partial charge < -0.3 is 9.84 Å². The molecule has 2 aromatic rings. The van der Waals surface area contributed by atoms with Crippen LogP contribution in [0.15, 0.2) is 39.8 Å². The number of benzene rings is 1. The van der Waals surface area contributed by atoms with Gasteiger partial charge in [0.25, 0.3) is 5.91 Å². The van der Waals surface area contributed by atoms with Gasteiger partial charge in [-0.2, -0.15) is 0 Å². The number of aryl methyl sites for hydroxylation is 1. The molecule has 0 saturated heterocycles. The Morgan fingerprint density at radius 2 is 2.09 bits per heavy atom. The van der Waals surface area contributed by atoms with E-state index in [1.807, 2.05) is 6.92 Å². The van der Waals surface area contributed by atoms with Crippen LogP contribution in [0, 0.1) is 6.92 Å². The Labute approximate surface area is 135 Å². The molecule has 0 bridgehead atoms. The van der Waals surface area contributed by atoms with Gasteiger partial charge in [-0.15, -0.1) is 0 Å². The molecule has 7 nitrogen and oxygen atoms in total. The lowest BCUT2D eigenvalue weighted by molar-refractivity contribution is 0.102. The number of nitrogens with zero attached hydrogens (tertiary/aromatic N) is 1. The van der Waals surface area contributed by atoms with Crippen LogP contribution in [0.5, 0.6) is 0 Å². The monoisotopic (exact) mass is 337 g/mol. The average molecular weight is 337 g/mol. The molecule has 0 saturated carbocycles. The maximum Gasteiger partial charge on any atom is 0.256 e. The van der Waals surface area contributed by atoms with E-state index in [2.05, 4.69) is 15.2 Å². The summed E-state index contributed by atoms with van der Waals surface area (Å²) in [4.78, 5) is 12.2. The summed E-state index contributed by atoms with van der Waals surface area (Å²) in [6, 6.07) is 7.21. The quantitative estimate of drug-likeness (QED) is 0.842. The van der Waals surface area contributed by atoms with Crippen molar-refractivity contribution < 1.29 is 17.7 Å². The topological polar surface area (TPSA) is 101 Å². The Balaban J connectivity index is 2.20. The fourth-order valence-corrected chi connectivity index (χ4v) is 3.21. The Kier molecular flexibility index (Phi) is 5.17. The van der Waals surface area contributed by atoms with Gasteiger partial charge in [0.2, 0.25) is 10.0 Å². The number of rotatable bonds is 6. The van der Waals surface area contributed by atoms with Crippen molar-refractivity contribution in [2.45, 2.75) is 38.1 Å². The molecule has 8 heteroatoms. The van der Waals surface area contributed by atoms with Crippen LogP contribution in [0.4, 0.5) is 5.82 Å². The summed E-state index contributed by atoms with van der Waals surface area (Å²) in [6.07, 6.45) is 0.672. The third-order valence-corrected chi connectivity index (χ3v) is 4.83. The van der Waals surface area contributed by atoms with Gasteiger partial charge in [0.05, 0.1) is 4.90 Å². The fourth-order valence-electron chi connectivity index (χ4n) is 1.83. The van der Waals surface area contributed by atoms with E-state index in [4.69, 9.17) is 4.52 Å². The molecule has 23 heavy (non-hydrogen) atoms. The molecule has 0 aliphatic carbocycles. The molecule has 0 spiro atoms. The van der Waals surface area contributed by atoms with Crippen molar-refractivity contribution in [1.29, 1.82) is 0 Å². The first-order valence-electron chi connectivity index (χ1n) is 7.19. The molecular formula is C15H19N3O4S. The number of sulfonamides is 1. The SMILES string of the molecule is CCC(C)NS(=O)(=O)c1cccc(C(=O)Nc2cc(C)on2)c1. The largest absolute Gasteiger partial charge is 0.360 e. The molecule has 1 amide bonds. The summed E-state index contributed by atoms with van der Waals surface area (Å²) in [6.45, 7) is 5.37. The zero-order valence-corrected chi connectivity index (χ0v) is 14.0. The highest BCUT2D eigenvalue weighted by Gasteiger charge is 2.18. The highest BCUT2D eigenvalue weighted by Crippen LogP contribution is 2.15. The van der Waals surface area contributed by atoms with Crippen molar-refractivity contribution >= 4 is 21.7 Å². The lowest BCUT2D eigenvalue weighted by Crippen LogP contribution is -2.32. The molecule has 1 aromatic carbocycles. The van der Waals surface area contributed by atoms with Crippen LogP contribution in [0.2, 0.25) is 0 Å². The molecule has 1 atom stereocenters. The highest BCUT2D eigenvalue weighted by molar-refractivity contribution is 7.89. The van der Waals surface area contributed by atoms with Crippen LogP contribution in [0.3, 0.4) is 0 Å². The van der Waals surface area contributed by atoms with Gasteiger partial charge in [-0.3, -0.25) is 4.79 Å². The van der Waals surface area contributed by atoms with Gasteiger partial charge in [0.15, 0.2) is 5.82 Å². The predicted molar refractivity (Wildman–Crippen MR) is 85.7 cm³/mol. The second-order valence-corrected chi connectivity index (χ2v) is 6.95. The molecule has 0 radical (unpaired) electrons. The van der Waals surface area contributed by atoms with Crippen LogP contribution >= 0.6 is 0 Å². The number of amides is 1. The molecule has 1 aromatic heterocycles. The van der Waals surface area contributed by atoms with E-state index in [0.717, 1.165) is 0 Å². The third kappa shape index (κ3) is 4.40. The van der Waals surface area contributed by atoms with Crippen LogP contribution in [0.25, 0.3) is 0 Å². The minimum atomic E-state index is -3.66. The summed E-state index contributed by atoms with van der Waals surface area (Å²) in [7, 11) is -3.66. The first-order valence-corrected chi connectivity index (χ1v) is 8.67. The zero-order valence-electron chi connectivity index (χ0n) is 13.2. The van der Waals surface area contributed by atoms with Gasteiger partial charge in [-0.1, -0.05) is 18.1 Å². The second kappa shape index (κ2) is 6.93. The molecule has 124 valence electrons. The lowest BCUT2D eigenvalue weighted by Gasteiger charge is -2.12. The van der Waals surface area contributed by atoms with Crippen molar-refractivity contribution in [1.82, 2.24) is 9.88 Å². The number of nitrogens with one attached hydrogen (secondary N) is 2. The van der Waals surface area contributed by atoms with E-state index >= 15 is 0 Å². The molecule has 2 rings (SSSR count). The highest BCUT2D eigenvalue weighted by atomic mass is 32.2. The van der Waals surface area contributed by atoms with Crippen LogP contribution in [-0.2, 0) is 10.0 Å². The smallest absolute Gasteiger partial charge is 0.256 e. The minimum absolute atomic E-state index is 0.0433. The number of hydrogen-bond donors (Lipinski definition) is 2. The first kappa shape index (κ1) is 17.2. The van der Waals surface area contributed by atoms with Crippen molar-refractivity contribution in [3.63, 3.8) is 0 Å². The van der Waals surface area contributed by atoms with Gasteiger partial charge >= 0.3 is 0 Å². The van der Waals surface area contributed by atoms with Crippen LogP contribution in [0.1, 0.15) is 36.4 Å². The maximum atomic E-state index is 12.3. The van der Waals surface area contributed by atoms with Gasteiger partial charge in [0.1, 0.15) is 5.76 Å². The summed E-state index contributed by atoms with van der Waals surface area (Å²) in [5.41, 5.74) is 0.220. The number of carbonyl (C=O) groups excluding carboxylic acids is 1. The van der Waals surface area contributed by atoms with Crippen molar-refractivity contribution in [3.05, 3.63) is 41.7 Å². The number of anilines is 1. The molecular weight excluding hydrogens is 318 g/mol. The number of carbonyl (C=O) groups is 1. The fraction of sp³-hybridized carbons (Fsp3) is 0.333. The Bertz CT molecular complexity index is 799. The van der Waals surface area contributed by atoms with E-state index in [9.17, 15) is 13.2 Å². The predicted octanol–water partition coefficient (Wildman–Crippen LogP) is 2.31. The van der Waals surface area contributed by atoms with Crippen LogP contribution < -0.4 is 10.0 Å². The molecule has 1 heterocycles. The van der Waals surface area contributed by atoms with Gasteiger partial charge in [-0.05, 0) is 38.5 Å². The van der Waals surface area contributed by atoms with Gasteiger partial charge in [-0.25, -0.2) is 13.1 Å². The zero-order chi connectivity index (χ0) is 17.0. The summed E-state index contributed by atoms with van der Waals surface area (Å²) in [5, 5.41) is 6.22. The molecule has 1 unspecified atom stereocenters. The summed E-state index contributed by atoms with van der Waals surface area (Å²) >= 11 is 0. The van der Waals surface area contributed by atoms with Gasteiger partial charge in [0, 0.05) is 17.7 Å². The van der Waals surface area contributed by atoms with E-state index < -0.39 is 15.9 Å². The van der Waals surface area contributed by atoms with Crippen molar-refractivity contribution in [2.24, 2.45) is 0 Å². The van der Waals surface area contributed by atoms with E-state index in [1.54, 1.807) is 19.9 Å². The second-order valence-electron chi connectivity index (χ2n) is 5.24. The van der Waals surface area contributed by atoms with Crippen LogP contribution in [-0.4, -0.2) is 25.5 Å².